The minimum absolute atomic E-state index is 0.466. The van der Waals surface area contributed by atoms with Crippen LogP contribution in [0.1, 0.15) is 17.2 Å². The quantitative estimate of drug-likeness (QED) is 0.794. The van der Waals surface area contributed by atoms with Crippen LogP contribution in [0.5, 0.6) is 5.75 Å². The van der Waals surface area contributed by atoms with Gasteiger partial charge in [-0.25, -0.2) is 0 Å². The Morgan fingerprint density at radius 1 is 1.41 bits per heavy atom. The van der Waals surface area contributed by atoms with Crippen LogP contribution in [0.2, 0.25) is 0 Å². The molecule has 4 heteroatoms. The van der Waals surface area contributed by atoms with E-state index in [1.165, 1.54) is 0 Å². The minimum Gasteiger partial charge on any atom is -0.495 e. The van der Waals surface area contributed by atoms with Crippen LogP contribution in [0, 0.1) is 0 Å². The monoisotopic (exact) mass is 233 g/mol. The summed E-state index contributed by atoms with van der Waals surface area (Å²) in [5, 5.41) is 10.1. The Kier molecular flexibility index (Phi) is 3.35. The van der Waals surface area contributed by atoms with E-state index in [9.17, 15) is 5.11 Å². The number of para-hydroxylation sites is 1. The highest BCUT2D eigenvalue weighted by atomic mass is 16.5. The number of furan rings is 1. The van der Waals surface area contributed by atoms with Crippen molar-refractivity contribution in [3.05, 3.63) is 47.9 Å². The predicted octanol–water partition coefficient (Wildman–Crippen LogP) is 2.15. The lowest BCUT2D eigenvalue weighted by molar-refractivity contribution is 0.178. The Morgan fingerprint density at radius 3 is 2.88 bits per heavy atom. The van der Waals surface area contributed by atoms with Crippen LogP contribution in [0.25, 0.3) is 0 Å². The zero-order valence-corrected chi connectivity index (χ0v) is 9.59. The minimum atomic E-state index is -0.664. The fourth-order valence-electron chi connectivity index (χ4n) is 1.77. The van der Waals surface area contributed by atoms with Crippen molar-refractivity contribution in [3.8, 4) is 5.75 Å². The molecule has 1 aromatic heterocycles. The summed E-state index contributed by atoms with van der Waals surface area (Å²) >= 11 is 0. The number of nitrogen functional groups attached to an aromatic ring is 1. The Hall–Kier alpha value is -1.94. The van der Waals surface area contributed by atoms with Gasteiger partial charge in [-0.2, -0.15) is 0 Å². The van der Waals surface area contributed by atoms with Crippen molar-refractivity contribution in [3.63, 3.8) is 0 Å². The second kappa shape index (κ2) is 4.93. The number of methoxy groups -OCH3 is 1. The molecule has 0 bridgehead atoms. The lowest BCUT2D eigenvalue weighted by Crippen LogP contribution is -2.06. The van der Waals surface area contributed by atoms with E-state index < -0.39 is 6.10 Å². The summed E-state index contributed by atoms with van der Waals surface area (Å²) in [6.45, 7) is 0. The van der Waals surface area contributed by atoms with E-state index in [2.05, 4.69) is 0 Å². The molecule has 90 valence electrons. The number of aliphatic hydroxyl groups excluding tert-OH is 1. The molecule has 0 saturated carbocycles. The normalized spacial score (nSPS) is 12.4. The van der Waals surface area contributed by atoms with E-state index in [4.69, 9.17) is 14.9 Å². The molecule has 4 nitrogen and oxygen atoms in total. The first-order valence-corrected chi connectivity index (χ1v) is 5.34. The third kappa shape index (κ3) is 2.42. The molecule has 0 aliphatic carbocycles. The van der Waals surface area contributed by atoms with Crippen LogP contribution in [-0.2, 0) is 6.42 Å². The maximum atomic E-state index is 10.1. The molecule has 1 unspecified atom stereocenters. The number of hydrogen-bond acceptors (Lipinski definition) is 4. The third-order valence-corrected chi connectivity index (χ3v) is 2.69. The number of aliphatic hydroxyl groups is 1. The number of benzene rings is 1. The summed E-state index contributed by atoms with van der Waals surface area (Å²) in [7, 11) is 1.55. The molecule has 1 atom stereocenters. The molecule has 0 saturated heterocycles. The molecule has 17 heavy (non-hydrogen) atoms. The molecule has 1 heterocycles. The summed E-state index contributed by atoms with van der Waals surface area (Å²) in [6, 6.07) is 7.19. The molecule has 0 aliphatic rings. The first-order valence-electron chi connectivity index (χ1n) is 5.34. The van der Waals surface area contributed by atoms with Gasteiger partial charge >= 0.3 is 0 Å². The fourth-order valence-corrected chi connectivity index (χ4v) is 1.77. The van der Waals surface area contributed by atoms with Gasteiger partial charge in [0.25, 0.3) is 0 Å². The van der Waals surface area contributed by atoms with Gasteiger partial charge in [0, 0.05) is 12.0 Å². The topological polar surface area (TPSA) is 68.6 Å². The highest BCUT2D eigenvalue weighted by Crippen LogP contribution is 2.30. The van der Waals surface area contributed by atoms with Crippen LogP contribution in [0.4, 0.5) is 5.69 Å². The second-order valence-electron chi connectivity index (χ2n) is 3.81. The van der Waals surface area contributed by atoms with Crippen molar-refractivity contribution < 1.29 is 14.3 Å². The van der Waals surface area contributed by atoms with Crippen LogP contribution in [0.15, 0.2) is 41.2 Å². The van der Waals surface area contributed by atoms with Gasteiger partial charge in [0.15, 0.2) is 0 Å². The molecule has 0 fully saturated rings. The molecule has 0 spiro atoms. The number of ether oxygens (including phenoxy) is 1. The smallest absolute Gasteiger partial charge is 0.142 e. The fraction of sp³-hybridized carbons (Fsp3) is 0.231. The molecular formula is C13H15NO3. The van der Waals surface area contributed by atoms with Gasteiger partial charge in [-0.1, -0.05) is 12.1 Å². The average Bonchev–Trinajstić information content (AvgIpc) is 2.82. The highest BCUT2D eigenvalue weighted by molar-refractivity contribution is 5.59. The van der Waals surface area contributed by atoms with Gasteiger partial charge in [-0.05, 0) is 17.7 Å². The molecule has 3 N–H and O–H groups in total. The van der Waals surface area contributed by atoms with E-state index in [-0.39, 0.29) is 0 Å². The largest absolute Gasteiger partial charge is 0.495 e. The second-order valence-corrected chi connectivity index (χ2v) is 3.81. The Labute approximate surface area is 99.6 Å². The Bertz CT molecular complexity index is 479. The van der Waals surface area contributed by atoms with Crippen LogP contribution in [-0.4, -0.2) is 12.2 Å². The first kappa shape index (κ1) is 11.5. The summed E-state index contributed by atoms with van der Waals surface area (Å²) in [6.07, 6.45) is 2.99. The summed E-state index contributed by atoms with van der Waals surface area (Å²) in [5.41, 5.74) is 8.00. The Morgan fingerprint density at radius 2 is 2.24 bits per heavy atom. The van der Waals surface area contributed by atoms with Crippen LogP contribution >= 0.6 is 0 Å². The van der Waals surface area contributed by atoms with E-state index >= 15 is 0 Å². The van der Waals surface area contributed by atoms with Gasteiger partial charge in [-0.3, -0.25) is 0 Å². The number of nitrogens with two attached hydrogens (primary N) is 1. The van der Waals surface area contributed by atoms with E-state index in [1.54, 1.807) is 31.8 Å². The third-order valence-electron chi connectivity index (χ3n) is 2.69. The molecule has 1 aromatic carbocycles. The SMILES string of the molecule is COc1cccc(C(O)Cc2ccoc2)c1N. The maximum absolute atomic E-state index is 10.1. The predicted molar refractivity (Wildman–Crippen MR) is 64.8 cm³/mol. The Balaban J connectivity index is 2.22. The van der Waals surface area contributed by atoms with E-state index in [0.29, 0.717) is 23.4 Å². The summed E-state index contributed by atoms with van der Waals surface area (Å²) in [4.78, 5) is 0. The van der Waals surface area contributed by atoms with Crippen molar-refractivity contribution in [2.24, 2.45) is 0 Å². The molecule has 0 amide bonds. The zero-order chi connectivity index (χ0) is 12.3. The van der Waals surface area contributed by atoms with Crippen molar-refractivity contribution in [1.82, 2.24) is 0 Å². The van der Waals surface area contributed by atoms with Crippen molar-refractivity contribution in [2.45, 2.75) is 12.5 Å². The molecule has 0 aliphatic heterocycles. The van der Waals surface area contributed by atoms with Gasteiger partial charge in [0.05, 0.1) is 31.4 Å². The highest BCUT2D eigenvalue weighted by Gasteiger charge is 2.14. The van der Waals surface area contributed by atoms with E-state index in [1.807, 2.05) is 12.1 Å². The van der Waals surface area contributed by atoms with Gasteiger partial charge in [0.2, 0.25) is 0 Å². The van der Waals surface area contributed by atoms with Crippen LogP contribution < -0.4 is 10.5 Å². The summed E-state index contributed by atoms with van der Waals surface area (Å²) < 4.78 is 10.1. The van der Waals surface area contributed by atoms with Gasteiger partial charge < -0.3 is 20.0 Å². The molecule has 2 aromatic rings. The van der Waals surface area contributed by atoms with Crippen molar-refractivity contribution >= 4 is 5.69 Å². The van der Waals surface area contributed by atoms with E-state index in [0.717, 1.165) is 5.56 Å². The van der Waals surface area contributed by atoms with Crippen molar-refractivity contribution in [1.29, 1.82) is 0 Å². The number of anilines is 1. The lowest BCUT2D eigenvalue weighted by atomic mass is 10.0. The first-order chi connectivity index (χ1) is 8.22. The standard InChI is InChI=1S/C13H15NO3/c1-16-12-4-2-3-10(13(12)14)11(15)7-9-5-6-17-8-9/h2-6,8,11,15H,7,14H2,1H3. The van der Waals surface area contributed by atoms with Gasteiger partial charge in [0.1, 0.15) is 5.75 Å². The van der Waals surface area contributed by atoms with Crippen molar-refractivity contribution in [2.75, 3.05) is 12.8 Å². The molecular weight excluding hydrogens is 218 g/mol. The maximum Gasteiger partial charge on any atom is 0.142 e. The molecule has 0 radical (unpaired) electrons. The lowest BCUT2D eigenvalue weighted by Gasteiger charge is -2.14. The van der Waals surface area contributed by atoms with Crippen LogP contribution in [0.3, 0.4) is 0 Å². The average molecular weight is 233 g/mol. The number of rotatable bonds is 4. The number of hydrogen-bond donors (Lipinski definition) is 2. The molecule has 2 rings (SSSR count). The van der Waals surface area contributed by atoms with Gasteiger partial charge in [-0.15, -0.1) is 0 Å². The summed E-state index contributed by atoms with van der Waals surface area (Å²) in [5.74, 6) is 0.578. The zero-order valence-electron chi connectivity index (χ0n) is 9.59.